The summed E-state index contributed by atoms with van der Waals surface area (Å²) in [6.45, 7) is 4.18. The molecule has 1 atom stereocenters. The van der Waals surface area contributed by atoms with Crippen LogP contribution in [0.1, 0.15) is 25.7 Å². The third-order valence-corrected chi connectivity index (χ3v) is 6.01. The predicted molar refractivity (Wildman–Crippen MR) is 107 cm³/mol. The number of rotatable bonds is 2. The van der Waals surface area contributed by atoms with Crippen LogP contribution in [0.4, 0.5) is 5.69 Å². The van der Waals surface area contributed by atoms with Crippen molar-refractivity contribution in [2.24, 2.45) is 5.92 Å². The minimum atomic E-state index is 0.276. The molecule has 0 amide bonds. The molecule has 2 aliphatic carbocycles. The third-order valence-electron chi connectivity index (χ3n) is 6.01. The molecule has 1 aromatic carbocycles. The van der Waals surface area contributed by atoms with Gasteiger partial charge in [0.25, 0.3) is 0 Å². The molecular weight excluding hydrogens is 332 g/mol. The van der Waals surface area contributed by atoms with Crippen LogP contribution in [-0.2, 0) is 0 Å². The van der Waals surface area contributed by atoms with Crippen molar-refractivity contribution in [2.75, 3.05) is 31.1 Å². The number of nitriles is 2. The Morgan fingerprint density at radius 2 is 1.52 bits per heavy atom. The number of allylic oxidation sites excluding steroid dienone is 6. The van der Waals surface area contributed by atoms with Gasteiger partial charge < -0.3 is 9.80 Å². The zero-order chi connectivity index (χ0) is 18.6. The van der Waals surface area contributed by atoms with Crippen molar-refractivity contribution in [1.82, 2.24) is 4.90 Å². The van der Waals surface area contributed by atoms with E-state index in [9.17, 15) is 0 Å². The lowest BCUT2D eigenvalue weighted by molar-refractivity contribution is 0.297. The van der Waals surface area contributed by atoms with E-state index >= 15 is 0 Å². The topological polar surface area (TPSA) is 54.1 Å². The molecule has 0 spiro atoms. The van der Waals surface area contributed by atoms with Gasteiger partial charge in [-0.05, 0) is 61.0 Å². The first-order chi connectivity index (χ1) is 13.3. The molecule has 0 aromatic heterocycles. The van der Waals surface area contributed by atoms with E-state index in [2.05, 4.69) is 52.3 Å². The van der Waals surface area contributed by atoms with E-state index in [4.69, 9.17) is 10.5 Å². The number of para-hydroxylation sites is 1. The van der Waals surface area contributed by atoms with Gasteiger partial charge in [-0.3, -0.25) is 0 Å². The molecule has 0 bridgehead atoms. The number of hydrogen-bond donors (Lipinski definition) is 0. The number of benzene rings is 1. The van der Waals surface area contributed by atoms with Gasteiger partial charge in [0.2, 0.25) is 0 Å². The lowest BCUT2D eigenvalue weighted by Crippen LogP contribution is -2.46. The van der Waals surface area contributed by atoms with Crippen molar-refractivity contribution in [3.05, 3.63) is 64.9 Å². The molecule has 1 aliphatic heterocycles. The van der Waals surface area contributed by atoms with Gasteiger partial charge >= 0.3 is 0 Å². The third kappa shape index (κ3) is 3.62. The molecule has 136 valence electrons. The molecule has 1 fully saturated rings. The summed E-state index contributed by atoms with van der Waals surface area (Å²) in [7, 11) is 0. The van der Waals surface area contributed by atoms with Crippen LogP contribution in [0, 0.1) is 28.6 Å². The summed E-state index contributed by atoms with van der Waals surface area (Å²) in [5.41, 5.74) is 5.23. The zero-order valence-corrected chi connectivity index (χ0v) is 15.6. The Hall–Kier alpha value is -2.98. The number of nitrogens with zero attached hydrogens (tertiary/aromatic N) is 4. The molecule has 1 saturated heterocycles. The predicted octanol–water partition coefficient (Wildman–Crippen LogP) is 4.17. The van der Waals surface area contributed by atoms with Crippen molar-refractivity contribution in [1.29, 1.82) is 10.5 Å². The molecule has 1 aromatic rings. The van der Waals surface area contributed by atoms with Gasteiger partial charge in [-0.25, -0.2) is 0 Å². The van der Waals surface area contributed by atoms with E-state index in [-0.39, 0.29) is 5.57 Å². The summed E-state index contributed by atoms with van der Waals surface area (Å²) in [4.78, 5) is 4.97. The first kappa shape index (κ1) is 17.4. The average Bonchev–Trinajstić information content (AvgIpc) is 2.75. The van der Waals surface area contributed by atoms with E-state index in [1.165, 1.54) is 23.4 Å². The largest absolute Gasteiger partial charge is 0.371 e. The summed E-state index contributed by atoms with van der Waals surface area (Å²) in [6, 6.07) is 14.7. The molecule has 0 N–H and O–H groups in total. The first-order valence-electron chi connectivity index (χ1n) is 9.79. The van der Waals surface area contributed by atoms with Crippen LogP contribution in [0.5, 0.6) is 0 Å². The molecule has 0 radical (unpaired) electrons. The Morgan fingerprint density at radius 1 is 0.852 bits per heavy atom. The van der Waals surface area contributed by atoms with Gasteiger partial charge in [0.05, 0.1) is 0 Å². The Kier molecular flexibility index (Phi) is 4.99. The summed E-state index contributed by atoms with van der Waals surface area (Å²) in [5, 5.41) is 18.3. The number of piperazine rings is 1. The molecule has 4 rings (SSSR count). The van der Waals surface area contributed by atoms with E-state index in [0.717, 1.165) is 51.0 Å². The normalized spacial score (nSPS) is 22.1. The van der Waals surface area contributed by atoms with Crippen molar-refractivity contribution < 1.29 is 0 Å². The van der Waals surface area contributed by atoms with Crippen molar-refractivity contribution in [3.63, 3.8) is 0 Å². The van der Waals surface area contributed by atoms with Gasteiger partial charge in [0.15, 0.2) is 0 Å². The van der Waals surface area contributed by atoms with Crippen molar-refractivity contribution >= 4 is 5.69 Å². The van der Waals surface area contributed by atoms with Gasteiger partial charge in [0, 0.05) is 37.6 Å². The Morgan fingerprint density at radius 3 is 2.22 bits per heavy atom. The van der Waals surface area contributed by atoms with Crippen LogP contribution in [0.15, 0.2) is 64.9 Å². The fraction of sp³-hybridized carbons (Fsp3) is 0.391. The summed E-state index contributed by atoms with van der Waals surface area (Å²) in [5.74, 6) is 0.585. The van der Waals surface area contributed by atoms with Gasteiger partial charge in [-0.1, -0.05) is 24.3 Å². The van der Waals surface area contributed by atoms with Crippen LogP contribution in [0.3, 0.4) is 0 Å². The van der Waals surface area contributed by atoms with Gasteiger partial charge in [-0.2, -0.15) is 10.5 Å². The average molecular weight is 356 g/mol. The maximum absolute atomic E-state index is 9.16. The monoisotopic (exact) mass is 356 g/mol. The second kappa shape index (κ2) is 7.72. The lowest BCUT2D eigenvalue weighted by atomic mass is 9.77. The second-order valence-electron chi connectivity index (χ2n) is 7.49. The maximum Gasteiger partial charge on any atom is 0.132 e. The Balaban J connectivity index is 1.49. The highest BCUT2D eigenvalue weighted by atomic mass is 15.3. The quantitative estimate of drug-likeness (QED) is 0.747. The van der Waals surface area contributed by atoms with Gasteiger partial charge in [-0.15, -0.1) is 0 Å². The zero-order valence-electron chi connectivity index (χ0n) is 15.6. The van der Waals surface area contributed by atoms with Crippen LogP contribution < -0.4 is 4.90 Å². The molecule has 4 nitrogen and oxygen atoms in total. The summed E-state index contributed by atoms with van der Waals surface area (Å²) in [6.07, 6.45) is 8.66. The highest BCUT2D eigenvalue weighted by molar-refractivity contribution is 5.50. The fourth-order valence-corrected chi connectivity index (χ4v) is 4.45. The molecule has 0 unspecified atom stereocenters. The minimum Gasteiger partial charge on any atom is -0.371 e. The molecule has 0 saturated carbocycles. The summed E-state index contributed by atoms with van der Waals surface area (Å²) < 4.78 is 0. The van der Waals surface area contributed by atoms with Crippen molar-refractivity contribution in [3.8, 4) is 12.1 Å². The number of hydrogen-bond acceptors (Lipinski definition) is 4. The van der Waals surface area contributed by atoms with Crippen LogP contribution >= 0.6 is 0 Å². The minimum absolute atomic E-state index is 0.276. The van der Waals surface area contributed by atoms with Crippen LogP contribution in [0.25, 0.3) is 0 Å². The standard InChI is InChI=1S/C23H24N4/c24-16-21(17-25)19-7-6-18-8-9-23(15-20(18)14-19)27-12-10-26(11-13-27)22-4-2-1-3-5-22/h1-5,14-15,18H,6-13H2/t18-/m0/s1. The van der Waals surface area contributed by atoms with Gasteiger partial charge in [0.1, 0.15) is 17.7 Å². The van der Waals surface area contributed by atoms with E-state index in [0.29, 0.717) is 5.92 Å². The molecule has 27 heavy (non-hydrogen) atoms. The molecule has 1 heterocycles. The second-order valence-corrected chi connectivity index (χ2v) is 7.49. The Labute approximate surface area is 161 Å². The van der Waals surface area contributed by atoms with E-state index in [1.54, 1.807) is 0 Å². The number of anilines is 1. The van der Waals surface area contributed by atoms with Crippen molar-refractivity contribution in [2.45, 2.75) is 25.7 Å². The first-order valence-corrected chi connectivity index (χ1v) is 9.79. The van der Waals surface area contributed by atoms with Crippen LogP contribution in [-0.4, -0.2) is 31.1 Å². The van der Waals surface area contributed by atoms with Crippen LogP contribution in [0.2, 0.25) is 0 Å². The SMILES string of the molecule is N#CC(C#N)=C1C=C2C=C(N3CCN(c4ccccc4)CC3)CC[C@@H]2CC1. The summed E-state index contributed by atoms with van der Waals surface area (Å²) >= 11 is 0. The highest BCUT2D eigenvalue weighted by Crippen LogP contribution is 2.39. The smallest absolute Gasteiger partial charge is 0.132 e. The van der Waals surface area contributed by atoms with E-state index < -0.39 is 0 Å². The fourth-order valence-electron chi connectivity index (χ4n) is 4.45. The van der Waals surface area contributed by atoms with E-state index in [1.807, 2.05) is 12.1 Å². The molecule has 3 aliphatic rings. The Bertz CT molecular complexity index is 855. The maximum atomic E-state index is 9.16. The number of fused-ring (bicyclic) bond motifs is 1. The highest BCUT2D eigenvalue weighted by Gasteiger charge is 2.27. The molecular formula is C23H24N4. The molecule has 4 heteroatoms. The lowest BCUT2D eigenvalue weighted by Gasteiger charge is -2.40.